The van der Waals surface area contributed by atoms with E-state index < -0.39 is 11.4 Å². The molecule has 3 nitrogen and oxygen atoms in total. The number of hydrogen-bond acceptors (Lipinski definition) is 3. The van der Waals surface area contributed by atoms with Gasteiger partial charge in [-0.25, -0.2) is 4.39 Å². The number of halogens is 2. The first-order valence-corrected chi connectivity index (χ1v) is 8.34. The van der Waals surface area contributed by atoms with Crippen molar-refractivity contribution in [3.8, 4) is 0 Å². The maximum Gasteiger partial charge on any atom is 0.142 e. The van der Waals surface area contributed by atoms with Crippen LogP contribution in [0.5, 0.6) is 0 Å². The average molecular weight is 330 g/mol. The molecule has 2 rings (SSSR count). The lowest BCUT2D eigenvalue weighted by molar-refractivity contribution is -0.0435. The highest BCUT2D eigenvalue weighted by molar-refractivity contribution is 6.31. The Balaban J connectivity index is 2.25. The second-order valence-electron chi connectivity index (χ2n) is 6.02. The first-order valence-electron chi connectivity index (χ1n) is 7.96. The molecule has 0 radical (unpaired) electrons. The molecule has 22 heavy (non-hydrogen) atoms. The zero-order chi connectivity index (χ0) is 16.0. The highest BCUT2D eigenvalue weighted by Crippen LogP contribution is 2.41. The molecule has 0 aromatic heterocycles. The summed E-state index contributed by atoms with van der Waals surface area (Å²) in [5, 5.41) is 14.7. The van der Waals surface area contributed by atoms with Crippen LogP contribution in [0.25, 0.3) is 0 Å². The molecule has 0 saturated carbocycles. The number of ether oxygens (including phenoxy) is 1. The van der Waals surface area contributed by atoms with Gasteiger partial charge in [0.2, 0.25) is 0 Å². The molecule has 5 heteroatoms. The maximum atomic E-state index is 13.8. The molecular weight excluding hydrogens is 305 g/mol. The number of piperidine rings is 1. The summed E-state index contributed by atoms with van der Waals surface area (Å²) in [6.45, 7) is 2.36. The average Bonchev–Trinajstić information content (AvgIpc) is 2.55. The first kappa shape index (κ1) is 17.7. The molecule has 0 spiro atoms. The van der Waals surface area contributed by atoms with Gasteiger partial charge in [0.15, 0.2) is 0 Å². The fraction of sp³-hybridized carbons (Fsp3) is 0.647. The van der Waals surface area contributed by atoms with Crippen LogP contribution in [-0.2, 0) is 10.3 Å². The third-order valence-electron chi connectivity index (χ3n) is 4.55. The van der Waals surface area contributed by atoms with E-state index >= 15 is 0 Å². The summed E-state index contributed by atoms with van der Waals surface area (Å²) < 4.78 is 18.9. The number of rotatable bonds is 7. The van der Waals surface area contributed by atoms with Gasteiger partial charge in [-0.2, -0.15) is 0 Å². The van der Waals surface area contributed by atoms with E-state index in [2.05, 4.69) is 5.32 Å². The Labute approximate surface area is 136 Å². The topological polar surface area (TPSA) is 41.5 Å². The Morgan fingerprint density at radius 1 is 1.45 bits per heavy atom. The molecule has 0 bridgehead atoms. The Morgan fingerprint density at radius 2 is 2.27 bits per heavy atom. The summed E-state index contributed by atoms with van der Waals surface area (Å²) in [5.74, 6) is -0.429. The van der Waals surface area contributed by atoms with Crippen molar-refractivity contribution in [2.45, 2.75) is 37.7 Å². The molecule has 1 saturated heterocycles. The zero-order valence-electron chi connectivity index (χ0n) is 13.1. The molecule has 2 atom stereocenters. The van der Waals surface area contributed by atoms with Crippen molar-refractivity contribution in [3.63, 3.8) is 0 Å². The smallest absolute Gasteiger partial charge is 0.142 e. The summed E-state index contributed by atoms with van der Waals surface area (Å²) in [6, 6.07) is 4.69. The second-order valence-corrected chi connectivity index (χ2v) is 6.40. The quantitative estimate of drug-likeness (QED) is 0.752. The van der Waals surface area contributed by atoms with Gasteiger partial charge in [-0.05, 0) is 44.7 Å². The number of nitrogens with one attached hydrogen (secondary N) is 1. The minimum absolute atomic E-state index is 0.0438. The molecule has 1 heterocycles. The van der Waals surface area contributed by atoms with Gasteiger partial charge in [0.1, 0.15) is 5.82 Å². The van der Waals surface area contributed by atoms with Gasteiger partial charge in [-0.1, -0.05) is 23.7 Å². The van der Waals surface area contributed by atoms with Crippen LogP contribution >= 0.6 is 11.6 Å². The van der Waals surface area contributed by atoms with Gasteiger partial charge in [0.05, 0.1) is 10.6 Å². The van der Waals surface area contributed by atoms with E-state index in [1.165, 1.54) is 6.07 Å². The molecule has 1 aromatic carbocycles. The van der Waals surface area contributed by atoms with E-state index in [0.717, 1.165) is 38.8 Å². The van der Waals surface area contributed by atoms with E-state index in [-0.39, 0.29) is 10.9 Å². The molecule has 0 unspecified atom stereocenters. The third kappa shape index (κ3) is 3.99. The predicted octanol–water partition coefficient (Wildman–Crippen LogP) is 3.48. The van der Waals surface area contributed by atoms with Crippen molar-refractivity contribution < 1.29 is 14.2 Å². The Hall–Kier alpha value is -0.680. The first-order chi connectivity index (χ1) is 10.6. The van der Waals surface area contributed by atoms with Crippen molar-refractivity contribution in [1.82, 2.24) is 5.32 Å². The summed E-state index contributed by atoms with van der Waals surface area (Å²) in [5.41, 5.74) is -0.583. The third-order valence-corrected chi connectivity index (χ3v) is 4.93. The number of unbranched alkanes of at least 4 members (excludes halogenated alkanes) is 1. The van der Waals surface area contributed by atoms with Crippen molar-refractivity contribution in [3.05, 3.63) is 34.6 Å². The van der Waals surface area contributed by atoms with Crippen LogP contribution < -0.4 is 5.32 Å². The van der Waals surface area contributed by atoms with Crippen LogP contribution in [0.4, 0.5) is 4.39 Å². The Kier molecular flexibility index (Phi) is 6.63. The monoisotopic (exact) mass is 329 g/mol. The second kappa shape index (κ2) is 8.25. The predicted molar refractivity (Wildman–Crippen MR) is 86.6 cm³/mol. The minimum Gasteiger partial charge on any atom is -0.385 e. The van der Waals surface area contributed by atoms with Crippen molar-refractivity contribution in [2.75, 3.05) is 26.8 Å². The maximum absolute atomic E-state index is 13.8. The highest BCUT2D eigenvalue weighted by atomic mass is 35.5. The zero-order valence-corrected chi connectivity index (χ0v) is 13.8. The number of methoxy groups -OCH3 is 1. The molecule has 0 aliphatic carbocycles. The Bertz CT molecular complexity index is 480. The molecule has 1 aromatic rings. The van der Waals surface area contributed by atoms with Gasteiger partial charge in [-0.3, -0.25) is 0 Å². The molecule has 124 valence electrons. The minimum atomic E-state index is -1.10. The highest BCUT2D eigenvalue weighted by Gasteiger charge is 2.40. The van der Waals surface area contributed by atoms with E-state index in [4.69, 9.17) is 16.3 Å². The van der Waals surface area contributed by atoms with Gasteiger partial charge in [0, 0.05) is 31.7 Å². The standard InChI is InChI=1S/C17H25ClFNO2/c1-22-11-3-2-9-17(21,13-6-5-10-20-12-13)14-7-4-8-15(19)16(14)18/h4,7-8,13,20-21H,2-3,5-6,9-12H2,1H3/t13-,17+/m1/s1. The summed E-state index contributed by atoms with van der Waals surface area (Å²) in [7, 11) is 1.67. The van der Waals surface area contributed by atoms with E-state index in [0.29, 0.717) is 18.6 Å². The lowest BCUT2D eigenvalue weighted by Gasteiger charge is -2.40. The molecular formula is C17H25ClFNO2. The normalized spacial score (nSPS) is 21.5. The molecule has 1 aliphatic heterocycles. The fourth-order valence-corrected chi connectivity index (χ4v) is 3.59. The van der Waals surface area contributed by atoms with Gasteiger partial charge in [-0.15, -0.1) is 0 Å². The van der Waals surface area contributed by atoms with Crippen LogP contribution in [0.15, 0.2) is 18.2 Å². The van der Waals surface area contributed by atoms with Crippen LogP contribution in [-0.4, -0.2) is 31.9 Å². The van der Waals surface area contributed by atoms with Crippen LogP contribution in [0.3, 0.4) is 0 Å². The number of benzene rings is 1. The Morgan fingerprint density at radius 3 is 2.95 bits per heavy atom. The van der Waals surface area contributed by atoms with Crippen LogP contribution in [0, 0.1) is 11.7 Å². The fourth-order valence-electron chi connectivity index (χ4n) is 3.30. The van der Waals surface area contributed by atoms with Gasteiger partial charge < -0.3 is 15.2 Å². The molecule has 2 N–H and O–H groups in total. The molecule has 1 fully saturated rings. The summed E-state index contributed by atoms with van der Waals surface area (Å²) in [6.07, 6.45) is 4.17. The largest absolute Gasteiger partial charge is 0.385 e. The number of aliphatic hydroxyl groups is 1. The van der Waals surface area contributed by atoms with Crippen LogP contribution in [0.1, 0.15) is 37.7 Å². The lowest BCUT2D eigenvalue weighted by atomic mass is 9.74. The SMILES string of the molecule is COCCCC[C@@](O)(c1cccc(F)c1Cl)[C@@H]1CCCNC1. The van der Waals surface area contributed by atoms with E-state index in [9.17, 15) is 9.50 Å². The van der Waals surface area contributed by atoms with E-state index in [1.54, 1.807) is 19.2 Å². The van der Waals surface area contributed by atoms with Crippen molar-refractivity contribution in [2.24, 2.45) is 5.92 Å². The lowest BCUT2D eigenvalue weighted by Crippen LogP contribution is -2.44. The van der Waals surface area contributed by atoms with Crippen molar-refractivity contribution in [1.29, 1.82) is 0 Å². The summed E-state index contributed by atoms with van der Waals surface area (Å²) >= 11 is 6.16. The molecule has 1 aliphatic rings. The van der Waals surface area contributed by atoms with Crippen LogP contribution in [0.2, 0.25) is 5.02 Å². The molecule has 0 amide bonds. The van der Waals surface area contributed by atoms with Gasteiger partial charge in [0.25, 0.3) is 0 Å². The van der Waals surface area contributed by atoms with E-state index in [1.807, 2.05) is 0 Å². The van der Waals surface area contributed by atoms with Crippen molar-refractivity contribution >= 4 is 11.6 Å². The number of hydrogen-bond donors (Lipinski definition) is 2. The summed E-state index contributed by atoms with van der Waals surface area (Å²) in [4.78, 5) is 0. The van der Waals surface area contributed by atoms with Gasteiger partial charge >= 0.3 is 0 Å².